The molecular weight excluding hydrogens is 604 g/mol. The molecule has 1 aromatic heterocycles. The van der Waals surface area contributed by atoms with Crippen molar-refractivity contribution in [3.63, 3.8) is 0 Å². The lowest BCUT2D eigenvalue weighted by Gasteiger charge is -2.32. The molecule has 11 heteroatoms. The lowest BCUT2D eigenvalue weighted by Crippen LogP contribution is -2.41. The number of nitrogens with zero attached hydrogens (tertiary/aromatic N) is 4. The maximum atomic E-state index is 13.5. The zero-order chi connectivity index (χ0) is 29.5. The van der Waals surface area contributed by atoms with Gasteiger partial charge in [0.2, 0.25) is 11.9 Å². The monoisotopic (exact) mass is 640 g/mol. The summed E-state index contributed by atoms with van der Waals surface area (Å²) in [6, 6.07) is 12.7. The number of rotatable bonds is 8. The van der Waals surface area contributed by atoms with Crippen LogP contribution in [0.1, 0.15) is 46.1 Å². The summed E-state index contributed by atoms with van der Waals surface area (Å²) in [6.07, 6.45) is 3.81. The average molecular weight is 642 g/mol. The van der Waals surface area contributed by atoms with Gasteiger partial charge in [-0.25, -0.2) is 13.4 Å². The van der Waals surface area contributed by atoms with Crippen LogP contribution in [-0.2, 0) is 20.0 Å². The van der Waals surface area contributed by atoms with Crippen molar-refractivity contribution in [2.24, 2.45) is 5.92 Å². The zero-order valence-corrected chi connectivity index (χ0v) is 26.5. The van der Waals surface area contributed by atoms with Crippen molar-refractivity contribution >= 4 is 60.5 Å². The minimum Gasteiger partial charge on any atom is -0.338 e. The molecule has 1 amide bonds. The van der Waals surface area contributed by atoms with Crippen molar-refractivity contribution in [3.8, 4) is 0 Å². The number of benzene rings is 2. The summed E-state index contributed by atoms with van der Waals surface area (Å²) in [7, 11) is -1.36. The molecule has 0 saturated carbocycles. The third-order valence-corrected chi connectivity index (χ3v) is 10.9. The van der Waals surface area contributed by atoms with E-state index in [1.165, 1.54) is 0 Å². The number of hydrogen-bond acceptors (Lipinski definition) is 8. The van der Waals surface area contributed by atoms with Crippen molar-refractivity contribution in [2.75, 3.05) is 42.2 Å². The smallest absolute Gasteiger partial charge is 0.237 e. The number of likely N-dealkylation sites (tertiary alicyclic amines) is 1. The Balaban J connectivity index is 1.38. The number of anilines is 5. The molecule has 1 fully saturated rings. The molecule has 0 radical (unpaired) electrons. The highest BCUT2D eigenvalue weighted by Gasteiger charge is 2.44. The Labute approximate surface area is 250 Å². The Morgan fingerprint density at radius 1 is 1.10 bits per heavy atom. The van der Waals surface area contributed by atoms with Crippen LogP contribution in [0.25, 0.3) is 0 Å². The van der Waals surface area contributed by atoms with Gasteiger partial charge in [-0.3, -0.25) is 4.79 Å². The Bertz CT molecular complexity index is 1570. The first-order valence-corrected chi connectivity index (χ1v) is 16.3. The van der Waals surface area contributed by atoms with Crippen LogP contribution in [0.4, 0.5) is 28.8 Å². The lowest BCUT2D eigenvalue weighted by atomic mass is 9.86. The van der Waals surface area contributed by atoms with Gasteiger partial charge in [0, 0.05) is 24.1 Å². The zero-order valence-electron chi connectivity index (χ0n) is 24.1. The average Bonchev–Trinajstić information content (AvgIpc) is 3.12. The van der Waals surface area contributed by atoms with Gasteiger partial charge in [0.05, 0.1) is 25.7 Å². The molecule has 9 nitrogen and oxygen atoms in total. The van der Waals surface area contributed by atoms with Crippen LogP contribution < -0.4 is 15.5 Å². The number of piperidine rings is 1. The molecule has 1 saturated heterocycles. The summed E-state index contributed by atoms with van der Waals surface area (Å²) in [4.78, 5) is 27.1. The van der Waals surface area contributed by atoms with Gasteiger partial charge in [-0.05, 0) is 118 Å². The van der Waals surface area contributed by atoms with Gasteiger partial charge in [-0.2, -0.15) is 4.98 Å². The highest BCUT2D eigenvalue weighted by Crippen LogP contribution is 2.44. The fourth-order valence-electron chi connectivity index (χ4n) is 5.44. The van der Waals surface area contributed by atoms with Crippen LogP contribution in [0.5, 0.6) is 0 Å². The van der Waals surface area contributed by atoms with E-state index in [0.717, 1.165) is 49.4 Å². The van der Waals surface area contributed by atoms with E-state index in [0.29, 0.717) is 27.8 Å². The number of halogens is 1. The van der Waals surface area contributed by atoms with E-state index in [1.807, 2.05) is 36.9 Å². The fraction of sp³-hybridized carbons (Fsp3) is 0.433. The van der Waals surface area contributed by atoms with Gasteiger partial charge in [-0.1, -0.05) is 12.1 Å². The molecule has 0 unspecified atom stereocenters. The predicted molar refractivity (Wildman–Crippen MR) is 167 cm³/mol. The first-order valence-electron chi connectivity index (χ1n) is 13.9. The Morgan fingerprint density at radius 2 is 1.80 bits per heavy atom. The molecule has 2 aliphatic rings. The molecule has 41 heavy (non-hydrogen) atoms. The first-order chi connectivity index (χ1) is 19.4. The summed E-state index contributed by atoms with van der Waals surface area (Å²) < 4.78 is 26.4. The van der Waals surface area contributed by atoms with Gasteiger partial charge in [0.1, 0.15) is 5.82 Å². The Morgan fingerprint density at radius 3 is 2.51 bits per heavy atom. The summed E-state index contributed by atoms with van der Waals surface area (Å²) >= 11 is 3.48. The number of para-hydroxylation sites is 1. The largest absolute Gasteiger partial charge is 0.338 e. The summed E-state index contributed by atoms with van der Waals surface area (Å²) in [5.74, 6) is 1.39. The lowest BCUT2D eigenvalue weighted by molar-refractivity contribution is -0.122. The normalized spacial score (nSPS) is 17.6. The number of sulfone groups is 1. The Hall–Kier alpha value is -3.02. The number of aromatic nitrogens is 2. The van der Waals surface area contributed by atoms with Crippen molar-refractivity contribution in [2.45, 2.75) is 56.1 Å². The van der Waals surface area contributed by atoms with E-state index < -0.39 is 20.5 Å². The van der Waals surface area contributed by atoms with Gasteiger partial charge in [0.15, 0.2) is 9.84 Å². The van der Waals surface area contributed by atoms with Gasteiger partial charge in [0.25, 0.3) is 0 Å². The molecule has 0 atom stereocenters. The predicted octanol–water partition coefficient (Wildman–Crippen LogP) is 5.87. The Kier molecular flexibility index (Phi) is 8.15. The summed E-state index contributed by atoms with van der Waals surface area (Å²) in [6.45, 7) is 10.2. The molecule has 5 rings (SSSR count). The second kappa shape index (κ2) is 11.3. The van der Waals surface area contributed by atoms with Crippen LogP contribution in [0, 0.1) is 5.92 Å². The third kappa shape index (κ3) is 5.85. The molecular formula is C30H37BrN6O3S. The number of carbonyl (C=O) groups is 1. The van der Waals surface area contributed by atoms with Crippen LogP contribution in [0.15, 0.2) is 58.0 Å². The minimum atomic E-state index is -3.51. The molecule has 3 aromatic rings. The van der Waals surface area contributed by atoms with Gasteiger partial charge >= 0.3 is 0 Å². The van der Waals surface area contributed by atoms with Crippen molar-refractivity contribution in [1.82, 2.24) is 14.9 Å². The molecule has 0 aliphatic carbocycles. The van der Waals surface area contributed by atoms with Crippen molar-refractivity contribution in [1.29, 1.82) is 0 Å². The quantitative estimate of drug-likeness (QED) is 0.315. The van der Waals surface area contributed by atoms with Crippen LogP contribution in [0.2, 0.25) is 0 Å². The minimum absolute atomic E-state index is 0.130. The van der Waals surface area contributed by atoms with Crippen LogP contribution in [-0.4, -0.2) is 61.1 Å². The fourth-order valence-corrected chi connectivity index (χ4v) is 6.93. The second-order valence-electron chi connectivity index (χ2n) is 11.7. The number of fused-ring (bicyclic) bond motifs is 1. The highest BCUT2D eigenvalue weighted by atomic mass is 79.9. The molecule has 2 aromatic carbocycles. The maximum Gasteiger partial charge on any atom is 0.237 e. The second-order valence-corrected chi connectivity index (χ2v) is 15.1. The summed E-state index contributed by atoms with van der Waals surface area (Å²) in [5.41, 5.74) is 2.50. The van der Waals surface area contributed by atoms with Crippen molar-refractivity contribution in [3.05, 3.63) is 58.7 Å². The third-order valence-electron chi connectivity index (χ3n) is 8.09. The number of amides is 1. The molecule has 0 spiro atoms. The van der Waals surface area contributed by atoms with Crippen LogP contribution in [0.3, 0.4) is 0 Å². The summed E-state index contributed by atoms with van der Waals surface area (Å²) in [5, 5.41) is 5.87. The van der Waals surface area contributed by atoms with Gasteiger partial charge in [-0.15, -0.1) is 0 Å². The van der Waals surface area contributed by atoms with E-state index in [4.69, 9.17) is 0 Å². The first kappa shape index (κ1) is 29.5. The van der Waals surface area contributed by atoms with E-state index >= 15 is 0 Å². The van der Waals surface area contributed by atoms with Crippen LogP contribution >= 0.6 is 15.9 Å². The van der Waals surface area contributed by atoms with Gasteiger partial charge < -0.3 is 20.4 Å². The topological polar surface area (TPSA) is 108 Å². The SMILES string of the molecule is CC(C)S(=O)(=O)c1ccccc1Nc1nc(Nc2ccc3c(c2)C(C)(C)C(=O)N3CC2CCN(C)CC2)ncc1Br. The molecule has 2 aliphatic heterocycles. The van der Waals surface area contributed by atoms with E-state index in [-0.39, 0.29) is 10.8 Å². The molecule has 3 heterocycles. The van der Waals surface area contributed by atoms with Crippen molar-refractivity contribution < 1.29 is 13.2 Å². The van der Waals surface area contributed by atoms with E-state index in [2.05, 4.69) is 48.5 Å². The number of nitrogens with one attached hydrogen (secondary N) is 2. The van der Waals surface area contributed by atoms with E-state index in [1.54, 1.807) is 44.3 Å². The standard InChI is InChI=1S/C30H37BrN6O3S/c1-19(2)41(39,40)26-9-7-6-8-24(26)34-27-23(31)17-32-29(35-27)33-21-10-11-25-22(16-21)30(3,4)28(38)37(25)18-20-12-14-36(5)15-13-20/h6-11,16-17,19-20H,12-15,18H2,1-5H3,(H2,32,33,34,35). The highest BCUT2D eigenvalue weighted by molar-refractivity contribution is 9.10. The number of hydrogen-bond donors (Lipinski definition) is 2. The molecule has 218 valence electrons. The molecule has 2 N–H and O–H groups in total. The molecule has 0 bridgehead atoms. The van der Waals surface area contributed by atoms with E-state index in [9.17, 15) is 13.2 Å². The maximum absolute atomic E-state index is 13.5. The number of carbonyl (C=O) groups excluding carboxylic acids is 1.